The maximum atomic E-state index is 4.89. The van der Waals surface area contributed by atoms with Crippen LogP contribution in [0.15, 0.2) is 48.5 Å². The van der Waals surface area contributed by atoms with Gasteiger partial charge in [-0.1, -0.05) is 37.3 Å². The van der Waals surface area contributed by atoms with E-state index in [0.29, 0.717) is 24.0 Å². The number of hydrogen-bond acceptors (Lipinski definition) is 5. The fraction of sp³-hybridized carbons (Fsp3) is 0.357. The third kappa shape index (κ3) is 3.88. The Morgan fingerprint density at radius 1 is 0.800 bits per heavy atom. The summed E-state index contributed by atoms with van der Waals surface area (Å²) >= 11 is 1.76. The molecule has 0 amide bonds. The monoisotopic (exact) mass is 482 g/mol. The molecule has 0 aliphatic carbocycles. The third-order valence-electron chi connectivity index (χ3n) is 7.59. The number of nitrogens with one attached hydrogen (secondary N) is 4. The molecule has 7 heteroatoms. The van der Waals surface area contributed by atoms with Crippen LogP contribution in [-0.2, 0) is 0 Å². The molecule has 2 fully saturated rings. The number of hydrogen-bond donors (Lipinski definition) is 4. The highest BCUT2D eigenvalue weighted by Gasteiger charge is 2.26. The summed E-state index contributed by atoms with van der Waals surface area (Å²) < 4.78 is 0. The van der Waals surface area contributed by atoms with E-state index in [1.165, 1.54) is 28.0 Å². The largest absolute Gasteiger partial charge is 0.341 e. The van der Waals surface area contributed by atoms with Crippen LogP contribution in [0.25, 0.3) is 42.9 Å². The van der Waals surface area contributed by atoms with E-state index in [1.54, 1.807) is 11.3 Å². The number of aromatic amines is 2. The Morgan fingerprint density at radius 2 is 1.57 bits per heavy atom. The molecule has 1 unspecified atom stereocenters. The minimum atomic E-state index is 0.334. The predicted octanol–water partition coefficient (Wildman–Crippen LogP) is 6.32. The van der Waals surface area contributed by atoms with Gasteiger partial charge < -0.3 is 20.6 Å². The van der Waals surface area contributed by atoms with Crippen molar-refractivity contribution in [3.05, 3.63) is 60.2 Å². The molecule has 5 heterocycles. The van der Waals surface area contributed by atoms with Crippen LogP contribution in [0.3, 0.4) is 0 Å². The molecule has 2 aliphatic heterocycles. The van der Waals surface area contributed by atoms with Crippen LogP contribution in [0.2, 0.25) is 0 Å². The zero-order valence-corrected chi connectivity index (χ0v) is 20.9. The van der Waals surface area contributed by atoms with Crippen LogP contribution < -0.4 is 10.6 Å². The van der Waals surface area contributed by atoms with Gasteiger partial charge in [-0.25, -0.2) is 9.97 Å². The van der Waals surface area contributed by atoms with Gasteiger partial charge in [0.2, 0.25) is 0 Å². The summed E-state index contributed by atoms with van der Waals surface area (Å²) in [5.41, 5.74) is 6.91. The van der Waals surface area contributed by atoms with Crippen molar-refractivity contribution in [1.82, 2.24) is 30.6 Å². The Bertz CT molecular complexity index is 1480. The van der Waals surface area contributed by atoms with Gasteiger partial charge in [-0.3, -0.25) is 0 Å². The highest BCUT2D eigenvalue weighted by Crippen LogP contribution is 2.36. The van der Waals surface area contributed by atoms with Crippen LogP contribution in [0, 0.1) is 5.92 Å². The van der Waals surface area contributed by atoms with Gasteiger partial charge in [-0.2, -0.15) is 0 Å². The van der Waals surface area contributed by atoms with Crippen molar-refractivity contribution in [2.45, 2.75) is 51.2 Å². The molecule has 4 atom stereocenters. The van der Waals surface area contributed by atoms with Gasteiger partial charge in [-0.05, 0) is 73.5 Å². The smallest absolute Gasteiger partial charge is 0.142 e. The zero-order chi connectivity index (χ0) is 23.5. The number of H-pyrrole nitrogens is 2. The van der Waals surface area contributed by atoms with Gasteiger partial charge in [-0.15, -0.1) is 11.3 Å². The minimum Gasteiger partial charge on any atom is -0.341 e. The van der Waals surface area contributed by atoms with E-state index in [9.17, 15) is 0 Å². The lowest BCUT2D eigenvalue weighted by molar-refractivity contribution is 0.565. The fourth-order valence-electron chi connectivity index (χ4n) is 5.60. The van der Waals surface area contributed by atoms with E-state index in [-0.39, 0.29) is 0 Å². The van der Waals surface area contributed by atoms with Crippen molar-refractivity contribution in [2.24, 2.45) is 5.92 Å². The molecule has 0 saturated carbocycles. The average molecular weight is 483 g/mol. The Labute approximate surface area is 208 Å². The lowest BCUT2D eigenvalue weighted by atomic mass is 10.0. The van der Waals surface area contributed by atoms with Gasteiger partial charge in [0.05, 0.1) is 28.6 Å². The molecule has 178 valence electrons. The summed E-state index contributed by atoms with van der Waals surface area (Å²) in [6, 6.07) is 18.9. The maximum Gasteiger partial charge on any atom is 0.142 e. The van der Waals surface area contributed by atoms with Crippen LogP contribution in [0.5, 0.6) is 0 Å². The van der Waals surface area contributed by atoms with Crippen LogP contribution in [0.4, 0.5) is 0 Å². The molecule has 3 aromatic heterocycles. The Morgan fingerprint density at radius 3 is 2.31 bits per heavy atom. The maximum absolute atomic E-state index is 4.89. The van der Waals surface area contributed by atoms with Crippen molar-refractivity contribution in [2.75, 3.05) is 6.54 Å². The van der Waals surface area contributed by atoms with Crippen molar-refractivity contribution >= 4 is 32.7 Å². The molecule has 4 N–H and O–H groups in total. The Hall–Kier alpha value is -3.00. The zero-order valence-electron chi connectivity index (χ0n) is 20.1. The van der Waals surface area contributed by atoms with Crippen molar-refractivity contribution in [1.29, 1.82) is 0 Å². The van der Waals surface area contributed by atoms with Gasteiger partial charge in [0.1, 0.15) is 16.5 Å². The van der Waals surface area contributed by atoms with Gasteiger partial charge in [0.15, 0.2) is 0 Å². The Kier molecular flexibility index (Phi) is 5.05. The van der Waals surface area contributed by atoms with Gasteiger partial charge in [0, 0.05) is 10.9 Å². The fourth-order valence-corrected chi connectivity index (χ4v) is 6.60. The molecule has 0 spiro atoms. The summed E-state index contributed by atoms with van der Waals surface area (Å²) in [7, 11) is 0. The molecule has 6 nitrogen and oxygen atoms in total. The topological polar surface area (TPSA) is 81.4 Å². The lowest BCUT2D eigenvalue weighted by Gasteiger charge is -2.07. The number of imidazole rings is 2. The third-order valence-corrected chi connectivity index (χ3v) is 8.66. The summed E-state index contributed by atoms with van der Waals surface area (Å²) in [5.74, 6) is 2.84. The first-order valence-corrected chi connectivity index (χ1v) is 13.5. The average Bonchev–Trinajstić information content (AvgIpc) is 3.66. The molecule has 35 heavy (non-hydrogen) atoms. The molecule has 0 radical (unpaired) electrons. The SMILES string of the molecule is C[C@@H]1CNC(c2nc3sc(-c4ccc(-c5ccc6nc([C@@H]7CC[C@H](C)N7)[nH]c6c5)cc4)cc3[nH]2)C1. The highest BCUT2D eigenvalue weighted by molar-refractivity contribution is 7.21. The predicted molar refractivity (Wildman–Crippen MR) is 144 cm³/mol. The first-order chi connectivity index (χ1) is 17.1. The Balaban J connectivity index is 1.12. The van der Waals surface area contributed by atoms with Crippen LogP contribution >= 0.6 is 11.3 Å². The summed E-state index contributed by atoms with van der Waals surface area (Å²) in [4.78, 5) is 19.2. The van der Waals surface area contributed by atoms with Crippen molar-refractivity contribution in [3.63, 3.8) is 0 Å². The standard InChI is InChI=1S/C28H30N6S/c1-15-11-23(29-14-15)27-33-24-13-25(35-28(24)34-27)18-6-4-17(5-7-18)19-8-10-20-22(12-19)32-26(31-20)21-9-3-16(2)30-21/h4-8,10,12-13,15-16,21,23,29-30H,3,9,11,14H2,1-2H3,(H,31,32)(H,33,34)/t15-,16-,21-,23?/m0/s1. The minimum absolute atomic E-state index is 0.334. The molecule has 2 aromatic carbocycles. The van der Waals surface area contributed by atoms with E-state index in [0.717, 1.165) is 52.4 Å². The van der Waals surface area contributed by atoms with Crippen LogP contribution in [0.1, 0.15) is 56.8 Å². The second-order valence-electron chi connectivity index (χ2n) is 10.4. The van der Waals surface area contributed by atoms with Gasteiger partial charge >= 0.3 is 0 Å². The van der Waals surface area contributed by atoms with Crippen molar-refractivity contribution < 1.29 is 0 Å². The lowest BCUT2D eigenvalue weighted by Crippen LogP contribution is -2.21. The molecule has 0 bridgehead atoms. The summed E-state index contributed by atoms with van der Waals surface area (Å²) in [5, 5.41) is 7.19. The first kappa shape index (κ1) is 21.3. The van der Waals surface area contributed by atoms with E-state index >= 15 is 0 Å². The van der Waals surface area contributed by atoms with Crippen molar-refractivity contribution in [3.8, 4) is 21.6 Å². The molecular formula is C28H30N6S. The molecule has 2 saturated heterocycles. The second kappa shape index (κ2) is 8.29. The summed E-state index contributed by atoms with van der Waals surface area (Å²) in [6.45, 7) is 5.60. The molecular weight excluding hydrogens is 452 g/mol. The number of fused-ring (bicyclic) bond motifs is 2. The van der Waals surface area contributed by atoms with E-state index in [4.69, 9.17) is 9.97 Å². The number of rotatable bonds is 4. The molecule has 5 aromatic rings. The molecule has 7 rings (SSSR count). The normalized spacial score (nSPS) is 24.7. The first-order valence-electron chi connectivity index (χ1n) is 12.7. The summed E-state index contributed by atoms with van der Waals surface area (Å²) in [6.07, 6.45) is 3.49. The quantitative estimate of drug-likeness (QED) is 0.242. The second-order valence-corrected chi connectivity index (χ2v) is 11.4. The van der Waals surface area contributed by atoms with E-state index < -0.39 is 0 Å². The number of aromatic nitrogens is 4. The molecule has 2 aliphatic rings. The van der Waals surface area contributed by atoms with E-state index in [1.807, 2.05) is 0 Å². The van der Waals surface area contributed by atoms with E-state index in [2.05, 4.69) is 83.0 Å². The number of nitrogens with zero attached hydrogens (tertiary/aromatic N) is 2. The van der Waals surface area contributed by atoms with Crippen LogP contribution in [-0.4, -0.2) is 32.5 Å². The number of benzene rings is 2. The van der Waals surface area contributed by atoms with Gasteiger partial charge in [0.25, 0.3) is 0 Å². The highest BCUT2D eigenvalue weighted by atomic mass is 32.1. The number of thiophene rings is 1.